The lowest BCUT2D eigenvalue weighted by Gasteiger charge is -2.19. The van der Waals surface area contributed by atoms with Crippen molar-refractivity contribution < 1.29 is 9.59 Å². The number of carbonyl (C=O) groups excluding carboxylic acids is 2. The lowest BCUT2D eigenvalue weighted by molar-refractivity contribution is -0.120. The standard InChI is InChI=1S/C19H20ClN7O2/c1-12-9-16-25(2)19(29)15(7-8-27(16)23-12)22-18(28)17-21-11-26(24-17)10-13-3-5-14(20)6-4-13/h3-6,9,11,15H,7-8,10H2,1-2H3,(H,22,28). The van der Waals surface area contributed by atoms with Gasteiger partial charge in [-0.1, -0.05) is 23.7 Å². The van der Waals surface area contributed by atoms with Crippen LogP contribution in [0.4, 0.5) is 5.82 Å². The predicted octanol–water partition coefficient (Wildman–Crippen LogP) is 1.65. The number of nitrogens with one attached hydrogen (secondary N) is 1. The summed E-state index contributed by atoms with van der Waals surface area (Å²) in [5.74, 6) is 0.0572. The van der Waals surface area contributed by atoms with Crippen molar-refractivity contribution >= 4 is 29.2 Å². The van der Waals surface area contributed by atoms with Gasteiger partial charge in [0.2, 0.25) is 5.82 Å². The van der Waals surface area contributed by atoms with Crippen LogP contribution in [0, 0.1) is 6.92 Å². The third-order valence-corrected chi connectivity index (χ3v) is 5.04. The lowest BCUT2D eigenvalue weighted by Crippen LogP contribution is -2.47. The van der Waals surface area contributed by atoms with E-state index in [2.05, 4.69) is 20.5 Å². The van der Waals surface area contributed by atoms with Gasteiger partial charge in [0.15, 0.2) is 0 Å². The maximum atomic E-state index is 12.8. The zero-order chi connectivity index (χ0) is 20.5. The summed E-state index contributed by atoms with van der Waals surface area (Å²) >= 11 is 5.89. The van der Waals surface area contributed by atoms with Crippen LogP contribution >= 0.6 is 11.6 Å². The summed E-state index contributed by atoms with van der Waals surface area (Å²) in [5, 5.41) is 12.0. The van der Waals surface area contributed by atoms with Crippen LogP contribution in [0.1, 0.15) is 28.3 Å². The van der Waals surface area contributed by atoms with Gasteiger partial charge in [0.1, 0.15) is 18.2 Å². The number of carbonyl (C=O) groups is 2. The molecular formula is C19H20ClN7O2. The maximum Gasteiger partial charge on any atom is 0.291 e. The number of amides is 2. The monoisotopic (exact) mass is 413 g/mol. The molecule has 29 heavy (non-hydrogen) atoms. The second-order valence-corrected chi connectivity index (χ2v) is 7.41. The minimum absolute atomic E-state index is 0.0206. The molecule has 1 N–H and O–H groups in total. The molecule has 1 aromatic carbocycles. The maximum absolute atomic E-state index is 12.8. The average Bonchev–Trinajstić information content (AvgIpc) is 3.29. The number of rotatable bonds is 4. The molecule has 1 aliphatic heterocycles. The summed E-state index contributed by atoms with van der Waals surface area (Å²) in [6, 6.07) is 8.54. The van der Waals surface area contributed by atoms with Gasteiger partial charge in [-0.25, -0.2) is 14.3 Å². The summed E-state index contributed by atoms with van der Waals surface area (Å²) in [7, 11) is 1.68. The molecule has 1 atom stereocenters. The first kappa shape index (κ1) is 19.1. The third kappa shape index (κ3) is 4.00. The molecule has 0 radical (unpaired) electrons. The van der Waals surface area contributed by atoms with Crippen molar-refractivity contribution in [3.63, 3.8) is 0 Å². The van der Waals surface area contributed by atoms with Crippen molar-refractivity contribution in [2.75, 3.05) is 11.9 Å². The van der Waals surface area contributed by atoms with Crippen LogP contribution in [-0.4, -0.2) is 49.4 Å². The van der Waals surface area contributed by atoms with E-state index < -0.39 is 11.9 Å². The molecule has 3 aromatic rings. The number of aromatic nitrogens is 5. The van der Waals surface area contributed by atoms with Gasteiger partial charge in [-0.15, -0.1) is 5.10 Å². The number of likely N-dealkylation sites (N-methyl/N-ethyl adjacent to an activating group) is 1. The first-order chi connectivity index (χ1) is 13.9. The van der Waals surface area contributed by atoms with E-state index in [0.29, 0.717) is 24.5 Å². The quantitative estimate of drug-likeness (QED) is 0.701. The molecule has 0 spiro atoms. The average molecular weight is 414 g/mol. The van der Waals surface area contributed by atoms with Crippen molar-refractivity contribution in [2.24, 2.45) is 0 Å². The Balaban J connectivity index is 1.43. The summed E-state index contributed by atoms with van der Waals surface area (Å²) in [6.07, 6.45) is 1.93. The Morgan fingerprint density at radius 1 is 1.28 bits per heavy atom. The molecular weight excluding hydrogens is 394 g/mol. The Morgan fingerprint density at radius 2 is 2.03 bits per heavy atom. The van der Waals surface area contributed by atoms with E-state index in [1.165, 1.54) is 11.2 Å². The van der Waals surface area contributed by atoms with E-state index in [1.54, 1.807) is 28.5 Å². The van der Waals surface area contributed by atoms with E-state index in [4.69, 9.17) is 11.6 Å². The molecule has 0 saturated carbocycles. The number of hydrogen-bond acceptors (Lipinski definition) is 5. The van der Waals surface area contributed by atoms with Gasteiger partial charge in [0, 0.05) is 24.7 Å². The predicted molar refractivity (Wildman–Crippen MR) is 107 cm³/mol. The molecule has 1 unspecified atom stereocenters. The Hall–Kier alpha value is -3.20. The van der Waals surface area contributed by atoms with Crippen molar-refractivity contribution in [1.82, 2.24) is 29.9 Å². The molecule has 0 aliphatic carbocycles. The molecule has 0 saturated heterocycles. The van der Waals surface area contributed by atoms with Crippen molar-refractivity contribution in [3.8, 4) is 0 Å². The Morgan fingerprint density at radius 3 is 2.79 bits per heavy atom. The highest BCUT2D eigenvalue weighted by atomic mass is 35.5. The summed E-state index contributed by atoms with van der Waals surface area (Å²) in [5.41, 5.74) is 1.83. The van der Waals surface area contributed by atoms with Crippen LogP contribution in [0.2, 0.25) is 5.02 Å². The lowest BCUT2D eigenvalue weighted by atomic mass is 10.2. The molecule has 150 valence electrons. The molecule has 2 aromatic heterocycles. The second-order valence-electron chi connectivity index (χ2n) is 6.97. The van der Waals surface area contributed by atoms with Crippen molar-refractivity contribution in [3.05, 3.63) is 58.8 Å². The number of benzene rings is 1. The molecule has 3 heterocycles. The topological polar surface area (TPSA) is 97.9 Å². The molecule has 10 heteroatoms. The van der Waals surface area contributed by atoms with Crippen LogP contribution in [0.5, 0.6) is 0 Å². The van der Waals surface area contributed by atoms with Gasteiger partial charge < -0.3 is 5.32 Å². The van der Waals surface area contributed by atoms with Crippen LogP contribution in [-0.2, 0) is 17.9 Å². The number of nitrogens with zero attached hydrogens (tertiary/aromatic N) is 6. The van der Waals surface area contributed by atoms with Crippen LogP contribution < -0.4 is 10.2 Å². The van der Waals surface area contributed by atoms with Gasteiger partial charge in [0.05, 0.1) is 12.2 Å². The van der Waals surface area contributed by atoms with E-state index in [9.17, 15) is 9.59 Å². The second kappa shape index (κ2) is 7.67. The van der Waals surface area contributed by atoms with Crippen molar-refractivity contribution in [2.45, 2.75) is 32.5 Å². The smallest absolute Gasteiger partial charge is 0.291 e. The fraction of sp³-hybridized carbons (Fsp3) is 0.316. The van der Waals surface area contributed by atoms with Crippen LogP contribution in [0.15, 0.2) is 36.7 Å². The van der Waals surface area contributed by atoms with Crippen LogP contribution in [0.25, 0.3) is 0 Å². The van der Waals surface area contributed by atoms with E-state index >= 15 is 0 Å². The number of fused-ring (bicyclic) bond motifs is 1. The van der Waals surface area contributed by atoms with E-state index in [0.717, 1.165) is 17.1 Å². The highest BCUT2D eigenvalue weighted by Gasteiger charge is 2.31. The number of aryl methyl sites for hydroxylation is 2. The Labute approximate surface area is 172 Å². The largest absolute Gasteiger partial charge is 0.337 e. The van der Waals surface area contributed by atoms with Crippen molar-refractivity contribution in [1.29, 1.82) is 0 Å². The highest BCUT2D eigenvalue weighted by Crippen LogP contribution is 2.21. The molecule has 0 bridgehead atoms. The Bertz CT molecular complexity index is 1060. The fourth-order valence-electron chi connectivity index (χ4n) is 3.30. The summed E-state index contributed by atoms with van der Waals surface area (Å²) in [6.45, 7) is 2.87. The molecule has 0 fully saturated rings. The minimum atomic E-state index is -0.669. The molecule has 2 amide bonds. The van der Waals surface area contributed by atoms with Crippen LogP contribution in [0.3, 0.4) is 0 Å². The third-order valence-electron chi connectivity index (χ3n) is 4.79. The zero-order valence-electron chi connectivity index (χ0n) is 16.0. The summed E-state index contributed by atoms with van der Waals surface area (Å²) < 4.78 is 3.34. The molecule has 9 nitrogen and oxygen atoms in total. The van der Waals surface area contributed by atoms with E-state index in [1.807, 2.05) is 25.1 Å². The normalized spacial score (nSPS) is 16.4. The number of halogens is 1. The number of anilines is 1. The highest BCUT2D eigenvalue weighted by molar-refractivity contribution is 6.30. The van der Waals surface area contributed by atoms with Gasteiger partial charge in [0.25, 0.3) is 11.8 Å². The minimum Gasteiger partial charge on any atom is -0.337 e. The van der Waals surface area contributed by atoms with Gasteiger partial charge in [-0.3, -0.25) is 14.5 Å². The fourth-order valence-corrected chi connectivity index (χ4v) is 3.42. The SMILES string of the molecule is Cc1cc2n(n1)CCC(NC(=O)c1ncn(Cc3ccc(Cl)cc3)n1)C(=O)N2C. The van der Waals surface area contributed by atoms with Gasteiger partial charge in [-0.05, 0) is 31.0 Å². The van der Waals surface area contributed by atoms with Gasteiger partial charge in [-0.2, -0.15) is 5.10 Å². The first-order valence-corrected chi connectivity index (χ1v) is 9.55. The Kier molecular flexibility index (Phi) is 5.06. The van der Waals surface area contributed by atoms with Gasteiger partial charge >= 0.3 is 0 Å². The summed E-state index contributed by atoms with van der Waals surface area (Å²) in [4.78, 5) is 31.0. The molecule has 4 rings (SSSR count). The molecule has 1 aliphatic rings. The van der Waals surface area contributed by atoms with E-state index in [-0.39, 0.29) is 11.7 Å². The zero-order valence-corrected chi connectivity index (χ0v) is 16.8. The number of hydrogen-bond donors (Lipinski definition) is 1. The first-order valence-electron chi connectivity index (χ1n) is 9.17.